The molecule has 0 amide bonds. The molecule has 0 aliphatic carbocycles. The summed E-state index contributed by atoms with van der Waals surface area (Å²) in [7, 11) is 0. The monoisotopic (exact) mass is 284 g/mol. The van der Waals surface area contributed by atoms with Gasteiger partial charge in [-0.3, -0.25) is 4.90 Å². The molecular formula is C14H28N4S. The Morgan fingerprint density at radius 1 is 1.16 bits per heavy atom. The molecular weight excluding hydrogens is 256 g/mol. The van der Waals surface area contributed by atoms with Crippen LogP contribution in [0.2, 0.25) is 0 Å². The fourth-order valence-corrected chi connectivity index (χ4v) is 2.67. The summed E-state index contributed by atoms with van der Waals surface area (Å²) >= 11 is 1.68. The zero-order valence-electron chi connectivity index (χ0n) is 12.8. The van der Waals surface area contributed by atoms with Crippen molar-refractivity contribution in [2.24, 2.45) is 0 Å². The smallest absolute Gasteiger partial charge is 0.205 e. The van der Waals surface area contributed by atoms with Gasteiger partial charge in [-0.1, -0.05) is 38.0 Å². The van der Waals surface area contributed by atoms with E-state index in [0.717, 1.165) is 36.2 Å². The molecule has 0 spiro atoms. The number of aromatic nitrogens is 2. The van der Waals surface area contributed by atoms with Crippen LogP contribution in [0.15, 0.2) is 0 Å². The third kappa shape index (κ3) is 6.34. The Hall–Kier alpha value is -0.680. The van der Waals surface area contributed by atoms with E-state index in [-0.39, 0.29) is 0 Å². The number of hydrogen-bond acceptors (Lipinski definition) is 5. The maximum Gasteiger partial charge on any atom is 0.205 e. The minimum Gasteiger partial charge on any atom is -0.360 e. The zero-order chi connectivity index (χ0) is 14.1. The van der Waals surface area contributed by atoms with Gasteiger partial charge in [0, 0.05) is 12.6 Å². The molecule has 110 valence electrons. The van der Waals surface area contributed by atoms with Crippen molar-refractivity contribution in [3.05, 3.63) is 5.01 Å². The molecule has 0 aliphatic rings. The van der Waals surface area contributed by atoms with Crippen molar-refractivity contribution in [3.8, 4) is 0 Å². The van der Waals surface area contributed by atoms with E-state index in [1.54, 1.807) is 11.3 Å². The van der Waals surface area contributed by atoms with E-state index in [4.69, 9.17) is 0 Å². The molecule has 1 rings (SSSR count). The molecule has 4 nitrogen and oxygen atoms in total. The van der Waals surface area contributed by atoms with Crippen LogP contribution in [0.1, 0.15) is 58.4 Å². The van der Waals surface area contributed by atoms with Crippen molar-refractivity contribution in [2.45, 2.75) is 66.0 Å². The Morgan fingerprint density at radius 3 is 2.58 bits per heavy atom. The van der Waals surface area contributed by atoms with Crippen molar-refractivity contribution in [1.29, 1.82) is 0 Å². The molecule has 0 aliphatic heterocycles. The average Bonchev–Trinajstić information content (AvgIpc) is 2.83. The first-order chi connectivity index (χ1) is 9.17. The maximum atomic E-state index is 4.28. The summed E-state index contributed by atoms with van der Waals surface area (Å²) in [5, 5.41) is 13.8. The molecule has 0 fully saturated rings. The SMILES string of the molecule is CCCCCN(Cc1nnc(NCCC)s1)C(C)C. The van der Waals surface area contributed by atoms with Gasteiger partial charge in [-0.15, -0.1) is 10.2 Å². The Bertz CT molecular complexity index is 338. The highest BCUT2D eigenvalue weighted by Gasteiger charge is 2.13. The van der Waals surface area contributed by atoms with Crippen LogP contribution in [0, 0.1) is 0 Å². The second-order valence-corrected chi connectivity index (χ2v) is 6.26. The highest BCUT2D eigenvalue weighted by molar-refractivity contribution is 7.15. The number of hydrogen-bond donors (Lipinski definition) is 1. The van der Waals surface area contributed by atoms with E-state index >= 15 is 0 Å². The second kappa shape index (κ2) is 9.26. The van der Waals surface area contributed by atoms with Crippen LogP contribution in [-0.4, -0.2) is 34.2 Å². The number of unbranched alkanes of at least 4 members (excludes halogenated alkanes) is 2. The summed E-state index contributed by atoms with van der Waals surface area (Å²) in [5.74, 6) is 0. The van der Waals surface area contributed by atoms with Gasteiger partial charge in [-0.2, -0.15) is 0 Å². The lowest BCUT2D eigenvalue weighted by Crippen LogP contribution is -2.31. The van der Waals surface area contributed by atoms with E-state index in [0.29, 0.717) is 6.04 Å². The largest absolute Gasteiger partial charge is 0.360 e. The predicted molar refractivity (Wildman–Crippen MR) is 83.8 cm³/mol. The second-order valence-electron chi connectivity index (χ2n) is 5.20. The lowest BCUT2D eigenvalue weighted by atomic mass is 10.2. The first-order valence-corrected chi connectivity index (χ1v) is 8.29. The van der Waals surface area contributed by atoms with Gasteiger partial charge < -0.3 is 5.32 Å². The Labute approximate surface area is 121 Å². The summed E-state index contributed by atoms with van der Waals surface area (Å²) in [6.45, 7) is 12.0. The minimum atomic E-state index is 0.563. The fraction of sp³-hybridized carbons (Fsp3) is 0.857. The number of nitrogens with zero attached hydrogens (tertiary/aromatic N) is 3. The van der Waals surface area contributed by atoms with E-state index < -0.39 is 0 Å². The van der Waals surface area contributed by atoms with E-state index in [9.17, 15) is 0 Å². The molecule has 1 N–H and O–H groups in total. The van der Waals surface area contributed by atoms with Gasteiger partial charge in [-0.25, -0.2) is 0 Å². The van der Waals surface area contributed by atoms with Crippen molar-refractivity contribution in [2.75, 3.05) is 18.4 Å². The topological polar surface area (TPSA) is 41.1 Å². The molecule has 0 unspecified atom stereocenters. The predicted octanol–water partition coefficient (Wildman–Crippen LogP) is 3.76. The minimum absolute atomic E-state index is 0.563. The summed E-state index contributed by atoms with van der Waals surface area (Å²) in [5.41, 5.74) is 0. The van der Waals surface area contributed by atoms with Gasteiger partial charge in [0.2, 0.25) is 5.13 Å². The summed E-state index contributed by atoms with van der Waals surface area (Å²) in [4.78, 5) is 2.49. The van der Waals surface area contributed by atoms with Crippen molar-refractivity contribution >= 4 is 16.5 Å². The van der Waals surface area contributed by atoms with Crippen LogP contribution in [0.25, 0.3) is 0 Å². The van der Waals surface area contributed by atoms with Crippen LogP contribution in [0.5, 0.6) is 0 Å². The van der Waals surface area contributed by atoms with Gasteiger partial charge in [0.15, 0.2) is 0 Å². The fourth-order valence-electron chi connectivity index (χ4n) is 1.88. The summed E-state index contributed by atoms with van der Waals surface area (Å²) < 4.78 is 0. The van der Waals surface area contributed by atoms with Gasteiger partial charge in [-0.05, 0) is 33.2 Å². The number of rotatable bonds is 10. The molecule has 5 heteroatoms. The molecule has 0 aromatic carbocycles. The zero-order valence-corrected chi connectivity index (χ0v) is 13.6. The Balaban J connectivity index is 2.46. The van der Waals surface area contributed by atoms with Crippen LogP contribution in [0.4, 0.5) is 5.13 Å². The highest BCUT2D eigenvalue weighted by Crippen LogP contribution is 2.18. The first kappa shape index (κ1) is 16.4. The highest BCUT2D eigenvalue weighted by atomic mass is 32.1. The first-order valence-electron chi connectivity index (χ1n) is 7.47. The summed E-state index contributed by atoms with van der Waals surface area (Å²) in [6, 6.07) is 0.563. The van der Waals surface area contributed by atoms with Crippen LogP contribution < -0.4 is 5.32 Å². The Kier molecular flexibility index (Phi) is 7.98. The standard InChI is InChI=1S/C14H28N4S/c1-5-7-8-10-18(12(3)4)11-13-16-17-14(19-13)15-9-6-2/h12H,5-11H2,1-4H3,(H,15,17). The van der Waals surface area contributed by atoms with Gasteiger partial charge in [0.1, 0.15) is 5.01 Å². The third-order valence-corrected chi connectivity index (χ3v) is 3.98. The average molecular weight is 284 g/mol. The van der Waals surface area contributed by atoms with Crippen LogP contribution in [-0.2, 0) is 6.54 Å². The summed E-state index contributed by atoms with van der Waals surface area (Å²) in [6.07, 6.45) is 4.97. The molecule has 0 atom stereocenters. The van der Waals surface area contributed by atoms with E-state index in [1.165, 1.54) is 19.3 Å². The van der Waals surface area contributed by atoms with Crippen LogP contribution in [0.3, 0.4) is 0 Å². The van der Waals surface area contributed by atoms with Crippen molar-refractivity contribution in [1.82, 2.24) is 15.1 Å². The molecule has 1 aromatic rings. The van der Waals surface area contributed by atoms with E-state index in [1.807, 2.05) is 0 Å². The number of anilines is 1. The van der Waals surface area contributed by atoms with Gasteiger partial charge >= 0.3 is 0 Å². The van der Waals surface area contributed by atoms with Crippen molar-refractivity contribution in [3.63, 3.8) is 0 Å². The molecule has 1 heterocycles. The third-order valence-electron chi connectivity index (χ3n) is 3.11. The molecule has 0 radical (unpaired) electrons. The molecule has 1 aromatic heterocycles. The number of nitrogens with one attached hydrogen (secondary N) is 1. The molecule has 0 bridgehead atoms. The maximum absolute atomic E-state index is 4.28. The quantitative estimate of drug-likeness (QED) is 0.664. The lowest BCUT2D eigenvalue weighted by molar-refractivity contribution is 0.208. The lowest BCUT2D eigenvalue weighted by Gasteiger charge is -2.25. The normalized spacial score (nSPS) is 11.5. The van der Waals surface area contributed by atoms with Gasteiger partial charge in [0.05, 0.1) is 6.54 Å². The van der Waals surface area contributed by atoms with Gasteiger partial charge in [0.25, 0.3) is 0 Å². The van der Waals surface area contributed by atoms with E-state index in [2.05, 4.69) is 48.1 Å². The van der Waals surface area contributed by atoms with Crippen LogP contribution >= 0.6 is 11.3 Å². The van der Waals surface area contributed by atoms with Crippen molar-refractivity contribution < 1.29 is 0 Å². The Morgan fingerprint density at radius 2 is 1.95 bits per heavy atom. The molecule has 19 heavy (non-hydrogen) atoms. The molecule has 0 saturated carbocycles. The molecule has 0 saturated heterocycles.